The van der Waals surface area contributed by atoms with E-state index in [1.54, 1.807) is 26.3 Å². The minimum Gasteiger partial charge on any atom is -0.496 e. The Bertz CT molecular complexity index is 697. The van der Waals surface area contributed by atoms with Gasteiger partial charge in [0.25, 0.3) is 5.91 Å². The van der Waals surface area contributed by atoms with Gasteiger partial charge in [0.15, 0.2) is 11.5 Å². The molecule has 0 unspecified atom stereocenters. The zero-order chi connectivity index (χ0) is 14.8. The SMILES string of the molecule is CNC(=O)c1cc2c(c(-c3ccccc3OC)c1)OCO2. The van der Waals surface area contributed by atoms with Gasteiger partial charge >= 0.3 is 0 Å². The Labute approximate surface area is 122 Å². The fraction of sp³-hybridized carbons (Fsp3) is 0.188. The molecule has 0 atom stereocenters. The van der Waals surface area contributed by atoms with E-state index in [4.69, 9.17) is 14.2 Å². The number of benzene rings is 2. The summed E-state index contributed by atoms with van der Waals surface area (Å²) in [6.07, 6.45) is 0. The maximum Gasteiger partial charge on any atom is 0.251 e. The molecule has 1 heterocycles. The zero-order valence-electron chi connectivity index (χ0n) is 11.8. The number of carbonyl (C=O) groups is 1. The summed E-state index contributed by atoms with van der Waals surface area (Å²) < 4.78 is 16.4. The molecule has 0 saturated carbocycles. The molecule has 0 aliphatic carbocycles. The monoisotopic (exact) mass is 285 g/mol. The Morgan fingerprint density at radius 3 is 2.76 bits per heavy atom. The van der Waals surface area contributed by atoms with Crippen LogP contribution in [0.3, 0.4) is 0 Å². The molecule has 0 bridgehead atoms. The van der Waals surface area contributed by atoms with Crippen molar-refractivity contribution in [2.24, 2.45) is 0 Å². The van der Waals surface area contributed by atoms with Crippen molar-refractivity contribution in [3.05, 3.63) is 42.0 Å². The highest BCUT2D eigenvalue weighted by Crippen LogP contribution is 2.45. The third kappa shape index (κ3) is 2.27. The molecule has 2 aromatic carbocycles. The number of methoxy groups -OCH3 is 1. The number of ether oxygens (including phenoxy) is 3. The van der Waals surface area contributed by atoms with Crippen molar-refractivity contribution >= 4 is 5.91 Å². The summed E-state index contributed by atoms with van der Waals surface area (Å²) in [5, 5.41) is 2.61. The van der Waals surface area contributed by atoms with E-state index in [1.165, 1.54) is 0 Å². The molecule has 2 aromatic rings. The molecule has 21 heavy (non-hydrogen) atoms. The lowest BCUT2D eigenvalue weighted by Gasteiger charge is -2.12. The van der Waals surface area contributed by atoms with Gasteiger partial charge in [-0.05, 0) is 18.2 Å². The molecule has 0 saturated heterocycles. The third-order valence-corrected chi connectivity index (χ3v) is 3.36. The van der Waals surface area contributed by atoms with Gasteiger partial charge in [0.1, 0.15) is 5.75 Å². The Kier molecular flexibility index (Phi) is 3.39. The van der Waals surface area contributed by atoms with Crippen molar-refractivity contribution in [1.29, 1.82) is 0 Å². The van der Waals surface area contributed by atoms with E-state index >= 15 is 0 Å². The molecule has 108 valence electrons. The van der Waals surface area contributed by atoms with Gasteiger partial charge in [0, 0.05) is 23.7 Å². The van der Waals surface area contributed by atoms with E-state index in [0.29, 0.717) is 22.8 Å². The predicted octanol–water partition coefficient (Wildman–Crippen LogP) is 2.45. The molecule has 0 aromatic heterocycles. The minimum absolute atomic E-state index is 0.147. The molecular formula is C16H15NO4. The highest BCUT2D eigenvalue weighted by molar-refractivity contribution is 5.97. The second-order valence-electron chi connectivity index (χ2n) is 4.54. The maximum absolute atomic E-state index is 11.9. The van der Waals surface area contributed by atoms with E-state index in [2.05, 4.69) is 5.32 Å². The van der Waals surface area contributed by atoms with Crippen LogP contribution < -0.4 is 19.5 Å². The van der Waals surface area contributed by atoms with Crippen LogP contribution in [0.2, 0.25) is 0 Å². The van der Waals surface area contributed by atoms with E-state index in [-0.39, 0.29) is 12.7 Å². The van der Waals surface area contributed by atoms with Crippen LogP contribution in [0.15, 0.2) is 36.4 Å². The fourth-order valence-electron chi connectivity index (χ4n) is 2.35. The number of hydrogen-bond donors (Lipinski definition) is 1. The molecule has 0 fully saturated rings. The number of rotatable bonds is 3. The number of fused-ring (bicyclic) bond motifs is 1. The lowest BCUT2D eigenvalue weighted by atomic mass is 10.00. The van der Waals surface area contributed by atoms with E-state index < -0.39 is 0 Å². The highest BCUT2D eigenvalue weighted by Gasteiger charge is 2.23. The third-order valence-electron chi connectivity index (χ3n) is 3.36. The van der Waals surface area contributed by atoms with Gasteiger partial charge in [-0.25, -0.2) is 0 Å². The Morgan fingerprint density at radius 1 is 1.19 bits per heavy atom. The first-order chi connectivity index (χ1) is 10.2. The number of amides is 1. The summed E-state index contributed by atoms with van der Waals surface area (Å²) >= 11 is 0. The Hall–Kier alpha value is -2.69. The number of hydrogen-bond acceptors (Lipinski definition) is 4. The van der Waals surface area contributed by atoms with Crippen LogP contribution in [0.25, 0.3) is 11.1 Å². The van der Waals surface area contributed by atoms with Gasteiger partial charge < -0.3 is 19.5 Å². The van der Waals surface area contributed by atoms with Gasteiger partial charge in [-0.2, -0.15) is 0 Å². The molecule has 0 spiro atoms. The quantitative estimate of drug-likeness (QED) is 0.941. The summed E-state index contributed by atoms with van der Waals surface area (Å²) in [5.74, 6) is 1.73. The van der Waals surface area contributed by atoms with Gasteiger partial charge in [-0.3, -0.25) is 4.79 Å². The van der Waals surface area contributed by atoms with Crippen LogP contribution in [0.1, 0.15) is 10.4 Å². The van der Waals surface area contributed by atoms with Gasteiger partial charge in [0.05, 0.1) is 7.11 Å². The second kappa shape index (κ2) is 5.36. The van der Waals surface area contributed by atoms with Crippen LogP contribution in [0.5, 0.6) is 17.2 Å². The van der Waals surface area contributed by atoms with Gasteiger partial charge in [-0.1, -0.05) is 18.2 Å². The van der Waals surface area contributed by atoms with E-state index in [0.717, 1.165) is 11.1 Å². The van der Waals surface area contributed by atoms with Crippen molar-refractivity contribution in [2.75, 3.05) is 21.0 Å². The van der Waals surface area contributed by atoms with Crippen LogP contribution in [-0.4, -0.2) is 26.9 Å². The lowest BCUT2D eigenvalue weighted by Crippen LogP contribution is -2.17. The second-order valence-corrected chi connectivity index (χ2v) is 4.54. The molecule has 1 aliphatic heterocycles. The summed E-state index contributed by atoms with van der Waals surface area (Å²) in [7, 11) is 3.20. The molecule has 5 heteroatoms. The van der Waals surface area contributed by atoms with Crippen molar-refractivity contribution in [2.45, 2.75) is 0 Å². The van der Waals surface area contributed by atoms with Crippen molar-refractivity contribution in [3.8, 4) is 28.4 Å². The smallest absolute Gasteiger partial charge is 0.251 e. The summed E-state index contributed by atoms with van der Waals surface area (Å²) in [6.45, 7) is 0.147. The molecule has 1 aliphatic rings. The predicted molar refractivity (Wildman–Crippen MR) is 77.9 cm³/mol. The molecule has 0 radical (unpaired) electrons. The average Bonchev–Trinajstić information content (AvgIpc) is 3.01. The van der Waals surface area contributed by atoms with Gasteiger partial charge in [0.2, 0.25) is 6.79 Å². The number of nitrogens with one attached hydrogen (secondary N) is 1. The first kappa shape index (κ1) is 13.3. The average molecular weight is 285 g/mol. The molecule has 5 nitrogen and oxygen atoms in total. The fourth-order valence-corrected chi connectivity index (χ4v) is 2.35. The Balaban J connectivity index is 2.21. The topological polar surface area (TPSA) is 56.8 Å². The maximum atomic E-state index is 11.9. The number of para-hydroxylation sites is 1. The number of carbonyl (C=O) groups excluding carboxylic acids is 1. The van der Waals surface area contributed by atoms with Gasteiger partial charge in [-0.15, -0.1) is 0 Å². The van der Waals surface area contributed by atoms with Crippen LogP contribution in [0, 0.1) is 0 Å². The van der Waals surface area contributed by atoms with E-state index in [1.807, 2.05) is 24.3 Å². The standard InChI is InChI=1S/C16H15NO4/c1-17-16(18)10-7-12(15-14(8-10)20-9-21-15)11-5-3-4-6-13(11)19-2/h3-8H,9H2,1-2H3,(H,17,18). The van der Waals surface area contributed by atoms with Crippen molar-refractivity contribution in [1.82, 2.24) is 5.32 Å². The molecular weight excluding hydrogens is 270 g/mol. The summed E-state index contributed by atoms with van der Waals surface area (Å²) in [6, 6.07) is 11.0. The van der Waals surface area contributed by atoms with Crippen LogP contribution in [0.4, 0.5) is 0 Å². The Morgan fingerprint density at radius 2 is 2.00 bits per heavy atom. The molecule has 1 amide bonds. The van der Waals surface area contributed by atoms with Crippen molar-refractivity contribution < 1.29 is 19.0 Å². The zero-order valence-corrected chi connectivity index (χ0v) is 11.8. The minimum atomic E-state index is -0.176. The summed E-state index contributed by atoms with van der Waals surface area (Å²) in [5.41, 5.74) is 2.15. The molecule has 1 N–H and O–H groups in total. The highest BCUT2D eigenvalue weighted by atomic mass is 16.7. The van der Waals surface area contributed by atoms with Crippen LogP contribution >= 0.6 is 0 Å². The first-order valence-electron chi connectivity index (χ1n) is 6.53. The largest absolute Gasteiger partial charge is 0.496 e. The molecule has 3 rings (SSSR count). The normalized spacial score (nSPS) is 12.1. The first-order valence-corrected chi connectivity index (χ1v) is 6.53. The van der Waals surface area contributed by atoms with E-state index in [9.17, 15) is 4.79 Å². The summed E-state index contributed by atoms with van der Waals surface area (Å²) in [4.78, 5) is 11.9. The lowest BCUT2D eigenvalue weighted by molar-refractivity contribution is 0.0962. The van der Waals surface area contributed by atoms with Crippen molar-refractivity contribution in [3.63, 3.8) is 0 Å². The van der Waals surface area contributed by atoms with Crippen LogP contribution in [-0.2, 0) is 0 Å².